The minimum Gasteiger partial charge on any atom is -0.478 e. The number of carboxylic acids is 1. The number of anilines is 1. The molecule has 0 saturated carbocycles. The van der Waals surface area contributed by atoms with Crippen molar-refractivity contribution >= 4 is 49.4 Å². The van der Waals surface area contributed by atoms with Crippen molar-refractivity contribution in [1.82, 2.24) is 0 Å². The molecule has 1 unspecified atom stereocenters. The second-order valence-corrected chi connectivity index (χ2v) is 6.35. The van der Waals surface area contributed by atoms with E-state index in [9.17, 15) is 14.7 Å². The van der Waals surface area contributed by atoms with Gasteiger partial charge in [0.1, 0.15) is 0 Å². The van der Waals surface area contributed by atoms with Crippen molar-refractivity contribution in [3.05, 3.63) is 37.1 Å². The summed E-state index contributed by atoms with van der Waals surface area (Å²) < 4.78 is 1.12. The summed E-state index contributed by atoms with van der Waals surface area (Å²) in [5.74, 6) is -1.40. The average molecular weight is 418 g/mol. The van der Waals surface area contributed by atoms with E-state index in [1.807, 2.05) is 0 Å². The third-order valence-electron chi connectivity index (χ3n) is 3.14. The van der Waals surface area contributed by atoms with Crippen molar-refractivity contribution in [3.8, 4) is 0 Å². The smallest absolute Gasteiger partial charge is 0.337 e. The molecule has 1 atom stereocenters. The monoisotopic (exact) mass is 416 g/mol. The van der Waals surface area contributed by atoms with Crippen LogP contribution in [0.5, 0.6) is 0 Å². The average Bonchev–Trinajstić information content (AvgIpc) is 2.76. The Labute approximate surface area is 136 Å². The Hall–Kier alpha value is -1.57. The third-order valence-corrected chi connectivity index (χ3v) is 4.20. The van der Waals surface area contributed by atoms with E-state index in [-0.39, 0.29) is 30.4 Å². The van der Waals surface area contributed by atoms with Crippen LogP contribution in [0.4, 0.5) is 5.69 Å². The Kier molecular flexibility index (Phi) is 4.87. The molecule has 1 aromatic rings. The number of halogens is 2. The fourth-order valence-electron chi connectivity index (χ4n) is 2.28. The van der Waals surface area contributed by atoms with E-state index < -0.39 is 5.97 Å². The standard InChI is InChI=1S/C12H10Br2N4O3/c13-7-2-8(12(20)21)11(9(14)3-7)18-5-6(1-10(18)19)4-16-17-15/h2-3,6H,1,4-5H2,(H,20,21). The number of carbonyl (C=O) groups excluding carboxylic acids is 1. The number of hydrogen-bond acceptors (Lipinski definition) is 3. The SMILES string of the molecule is [N-]=[N+]=NCC1CC(=O)N(c2c(Br)cc(Br)cc2C(=O)O)C1. The highest BCUT2D eigenvalue weighted by atomic mass is 79.9. The molecule has 1 saturated heterocycles. The number of nitrogens with zero attached hydrogens (tertiary/aromatic N) is 4. The normalized spacial score (nSPS) is 17.7. The lowest BCUT2D eigenvalue weighted by molar-refractivity contribution is -0.117. The van der Waals surface area contributed by atoms with Gasteiger partial charge < -0.3 is 10.0 Å². The molecule has 0 aliphatic carbocycles. The molecule has 9 heteroatoms. The van der Waals surface area contributed by atoms with Crippen molar-refractivity contribution < 1.29 is 14.7 Å². The maximum Gasteiger partial charge on any atom is 0.337 e. The summed E-state index contributed by atoms with van der Waals surface area (Å²) in [5, 5.41) is 12.8. The van der Waals surface area contributed by atoms with E-state index in [4.69, 9.17) is 5.53 Å². The first kappa shape index (κ1) is 15.8. The zero-order valence-corrected chi connectivity index (χ0v) is 13.8. The molecular formula is C12H10Br2N4O3. The first-order valence-corrected chi connectivity index (χ1v) is 7.56. The summed E-state index contributed by atoms with van der Waals surface area (Å²) in [5.41, 5.74) is 8.71. The highest BCUT2D eigenvalue weighted by molar-refractivity contribution is 9.11. The van der Waals surface area contributed by atoms with Crippen LogP contribution in [-0.2, 0) is 4.79 Å². The molecule has 0 radical (unpaired) electrons. The van der Waals surface area contributed by atoms with Crippen molar-refractivity contribution in [1.29, 1.82) is 0 Å². The lowest BCUT2D eigenvalue weighted by Crippen LogP contribution is -2.27. The molecule has 1 heterocycles. The summed E-state index contributed by atoms with van der Waals surface area (Å²) in [7, 11) is 0. The van der Waals surface area contributed by atoms with Gasteiger partial charge in [-0.15, -0.1) is 0 Å². The molecule has 1 aromatic carbocycles. The van der Waals surface area contributed by atoms with Crippen LogP contribution in [0.3, 0.4) is 0 Å². The topological polar surface area (TPSA) is 106 Å². The maximum absolute atomic E-state index is 12.1. The van der Waals surface area contributed by atoms with Crippen LogP contribution in [0.2, 0.25) is 0 Å². The van der Waals surface area contributed by atoms with Crippen LogP contribution in [0, 0.1) is 5.92 Å². The van der Waals surface area contributed by atoms with Crippen LogP contribution in [0.1, 0.15) is 16.8 Å². The highest BCUT2D eigenvalue weighted by Gasteiger charge is 2.33. The van der Waals surface area contributed by atoms with Crippen LogP contribution < -0.4 is 4.90 Å². The number of carboxylic acid groups (broad SMARTS) is 1. The molecule has 2 rings (SSSR count). The number of azide groups is 1. The molecule has 0 bridgehead atoms. The summed E-state index contributed by atoms with van der Waals surface area (Å²) in [4.78, 5) is 27.6. The number of hydrogen-bond donors (Lipinski definition) is 1. The summed E-state index contributed by atoms with van der Waals surface area (Å²) in [6.45, 7) is 0.549. The van der Waals surface area contributed by atoms with Crippen molar-refractivity contribution in [2.24, 2.45) is 11.0 Å². The van der Waals surface area contributed by atoms with Gasteiger partial charge in [-0.25, -0.2) is 4.79 Å². The van der Waals surface area contributed by atoms with Crippen molar-refractivity contribution in [3.63, 3.8) is 0 Å². The second-order valence-electron chi connectivity index (χ2n) is 4.58. The van der Waals surface area contributed by atoms with Crippen LogP contribution in [0.25, 0.3) is 10.4 Å². The van der Waals surface area contributed by atoms with Gasteiger partial charge >= 0.3 is 5.97 Å². The van der Waals surface area contributed by atoms with Crippen molar-refractivity contribution in [2.75, 3.05) is 18.0 Å². The minimum atomic E-state index is -1.11. The van der Waals surface area contributed by atoms with Gasteiger partial charge in [0.15, 0.2) is 0 Å². The summed E-state index contributed by atoms with van der Waals surface area (Å²) >= 11 is 6.54. The quantitative estimate of drug-likeness (QED) is 0.459. The van der Waals surface area contributed by atoms with E-state index in [0.29, 0.717) is 21.2 Å². The number of aromatic carboxylic acids is 1. The fraction of sp³-hybridized carbons (Fsp3) is 0.333. The number of benzene rings is 1. The third kappa shape index (κ3) is 3.37. The Bertz CT molecular complexity index is 658. The van der Waals surface area contributed by atoms with Gasteiger partial charge in [0, 0.05) is 33.4 Å². The van der Waals surface area contributed by atoms with Crippen LogP contribution in [0.15, 0.2) is 26.2 Å². The molecule has 110 valence electrons. The first-order valence-electron chi connectivity index (χ1n) is 5.97. The molecule has 1 aliphatic rings. The fourth-order valence-corrected chi connectivity index (χ4v) is 3.71. The van der Waals surface area contributed by atoms with E-state index in [2.05, 4.69) is 41.9 Å². The van der Waals surface area contributed by atoms with Gasteiger partial charge in [-0.2, -0.15) is 0 Å². The number of rotatable bonds is 4. The van der Waals surface area contributed by atoms with Crippen molar-refractivity contribution in [2.45, 2.75) is 6.42 Å². The van der Waals surface area contributed by atoms with E-state index >= 15 is 0 Å². The van der Waals surface area contributed by atoms with E-state index in [1.165, 1.54) is 11.0 Å². The summed E-state index contributed by atoms with van der Waals surface area (Å²) in [6.07, 6.45) is 0.237. The van der Waals surface area contributed by atoms with Crippen LogP contribution >= 0.6 is 31.9 Å². The maximum atomic E-state index is 12.1. The number of amides is 1. The zero-order chi connectivity index (χ0) is 15.6. The Morgan fingerprint density at radius 2 is 2.24 bits per heavy atom. The zero-order valence-electron chi connectivity index (χ0n) is 10.7. The summed E-state index contributed by atoms with van der Waals surface area (Å²) in [6, 6.07) is 3.15. The minimum absolute atomic E-state index is 0.0361. The second kappa shape index (κ2) is 6.46. The van der Waals surface area contributed by atoms with Gasteiger partial charge in [0.2, 0.25) is 5.91 Å². The highest BCUT2D eigenvalue weighted by Crippen LogP contribution is 2.37. The first-order chi connectivity index (χ1) is 9.93. The van der Waals surface area contributed by atoms with Gasteiger partial charge in [-0.1, -0.05) is 21.0 Å². The molecular weight excluding hydrogens is 408 g/mol. The molecule has 21 heavy (non-hydrogen) atoms. The lowest BCUT2D eigenvalue weighted by atomic mass is 10.1. The lowest BCUT2D eigenvalue weighted by Gasteiger charge is -2.21. The largest absolute Gasteiger partial charge is 0.478 e. The molecule has 1 N–H and O–H groups in total. The Morgan fingerprint density at radius 1 is 1.52 bits per heavy atom. The van der Waals surface area contributed by atoms with Gasteiger partial charge in [-0.3, -0.25) is 4.79 Å². The molecule has 0 spiro atoms. The Balaban J connectivity index is 2.40. The van der Waals surface area contributed by atoms with Gasteiger partial charge in [0.25, 0.3) is 0 Å². The molecule has 7 nitrogen and oxygen atoms in total. The van der Waals surface area contributed by atoms with Gasteiger partial charge in [-0.05, 0) is 39.5 Å². The Morgan fingerprint density at radius 3 is 2.86 bits per heavy atom. The van der Waals surface area contributed by atoms with E-state index in [1.54, 1.807) is 6.07 Å². The molecule has 0 aromatic heterocycles. The van der Waals surface area contributed by atoms with E-state index in [0.717, 1.165) is 0 Å². The molecule has 1 fully saturated rings. The predicted molar refractivity (Wildman–Crippen MR) is 83.3 cm³/mol. The van der Waals surface area contributed by atoms with Gasteiger partial charge in [0.05, 0.1) is 11.3 Å². The molecule has 1 aliphatic heterocycles. The number of carbonyl (C=O) groups is 2. The molecule has 1 amide bonds. The van der Waals surface area contributed by atoms with Crippen LogP contribution in [-0.4, -0.2) is 30.1 Å². The predicted octanol–water partition coefficient (Wildman–Crippen LogP) is 3.57.